The molecule has 0 bridgehead atoms. The number of anilines is 1. The number of nitrogens with one attached hydrogen (secondary N) is 1. The molecule has 1 N–H and O–H groups in total. The summed E-state index contributed by atoms with van der Waals surface area (Å²) in [5.74, 6) is 1.31. The highest BCUT2D eigenvalue weighted by Gasteiger charge is 2.05. The lowest BCUT2D eigenvalue weighted by atomic mass is 10.4. The molecule has 0 aliphatic heterocycles. The molecule has 78 valence electrons. The summed E-state index contributed by atoms with van der Waals surface area (Å²) >= 11 is 0. The fraction of sp³-hybridized carbons (Fsp3) is 0.667. The van der Waals surface area contributed by atoms with Crippen LogP contribution >= 0.6 is 0 Å². The molecule has 0 aliphatic carbocycles. The molecule has 0 aliphatic rings. The molecule has 0 saturated carbocycles. The van der Waals surface area contributed by atoms with Gasteiger partial charge in [0.15, 0.2) is 0 Å². The van der Waals surface area contributed by atoms with E-state index in [-0.39, 0.29) is 0 Å². The summed E-state index contributed by atoms with van der Waals surface area (Å²) < 4.78 is 4.98. The Morgan fingerprint density at radius 1 is 1.29 bits per heavy atom. The van der Waals surface area contributed by atoms with E-state index in [4.69, 9.17) is 4.74 Å². The Morgan fingerprint density at radius 3 is 2.50 bits per heavy atom. The number of methoxy groups -OCH3 is 1. The Balaban J connectivity index is 2.92. The van der Waals surface area contributed by atoms with Crippen LogP contribution in [0.1, 0.15) is 26.6 Å². The summed E-state index contributed by atoms with van der Waals surface area (Å²) in [6, 6.07) is 0.659. The van der Waals surface area contributed by atoms with Crippen LogP contribution in [-0.2, 0) is 6.42 Å². The van der Waals surface area contributed by atoms with E-state index in [1.54, 1.807) is 7.11 Å². The van der Waals surface area contributed by atoms with E-state index in [0.29, 0.717) is 18.0 Å². The average Bonchev–Trinajstić information content (AvgIpc) is 2.16. The quantitative estimate of drug-likeness (QED) is 0.785. The maximum atomic E-state index is 4.98. The van der Waals surface area contributed by atoms with Crippen molar-refractivity contribution in [3.8, 4) is 6.01 Å². The second kappa shape index (κ2) is 4.74. The summed E-state index contributed by atoms with van der Waals surface area (Å²) in [6.45, 7) is 6.05. The first-order chi connectivity index (χ1) is 6.65. The first-order valence-corrected chi connectivity index (χ1v) is 4.71. The topological polar surface area (TPSA) is 59.9 Å². The second-order valence-electron chi connectivity index (χ2n) is 3.21. The third-order valence-electron chi connectivity index (χ3n) is 1.58. The normalized spacial score (nSPS) is 10.4. The molecule has 14 heavy (non-hydrogen) atoms. The summed E-state index contributed by atoms with van der Waals surface area (Å²) in [7, 11) is 1.55. The molecule has 0 unspecified atom stereocenters. The van der Waals surface area contributed by atoms with Crippen molar-refractivity contribution in [1.82, 2.24) is 15.0 Å². The number of rotatable bonds is 4. The van der Waals surface area contributed by atoms with Gasteiger partial charge in [0.2, 0.25) is 5.95 Å². The Kier molecular flexibility index (Phi) is 3.62. The smallest absolute Gasteiger partial charge is 0.321 e. The molecule has 0 aromatic carbocycles. The number of ether oxygens (including phenoxy) is 1. The first-order valence-electron chi connectivity index (χ1n) is 4.71. The van der Waals surface area contributed by atoms with Crippen LogP contribution in [-0.4, -0.2) is 28.1 Å². The standard InChI is InChI=1S/C9H16N4O/c1-5-7-11-8(10-6(2)3)13-9(12-7)14-4/h6H,5H2,1-4H3,(H,10,11,12,13). The molecular weight excluding hydrogens is 180 g/mol. The van der Waals surface area contributed by atoms with Crippen molar-refractivity contribution in [2.75, 3.05) is 12.4 Å². The van der Waals surface area contributed by atoms with E-state index in [2.05, 4.69) is 20.3 Å². The highest BCUT2D eigenvalue weighted by molar-refractivity contribution is 5.26. The zero-order chi connectivity index (χ0) is 10.6. The summed E-state index contributed by atoms with van der Waals surface area (Å²) in [4.78, 5) is 12.4. The van der Waals surface area contributed by atoms with E-state index in [9.17, 15) is 0 Å². The molecule has 0 spiro atoms. The lowest BCUT2D eigenvalue weighted by Gasteiger charge is -2.09. The van der Waals surface area contributed by atoms with E-state index in [1.165, 1.54) is 0 Å². The molecule has 1 aromatic rings. The van der Waals surface area contributed by atoms with Gasteiger partial charge in [-0.15, -0.1) is 0 Å². The van der Waals surface area contributed by atoms with Crippen LogP contribution in [0.4, 0.5) is 5.95 Å². The van der Waals surface area contributed by atoms with Gasteiger partial charge in [-0.3, -0.25) is 0 Å². The van der Waals surface area contributed by atoms with E-state index < -0.39 is 0 Å². The largest absolute Gasteiger partial charge is 0.467 e. The number of nitrogens with zero attached hydrogens (tertiary/aromatic N) is 3. The third-order valence-corrected chi connectivity index (χ3v) is 1.58. The SMILES string of the molecule is CCc1nc(NC(C)C)nc(OC)n1. The van der Waals surface area contributed by atoms with E-state index >= 15 is 0 Å². The maximum absolute atomic E-state index is 4.98. The lowest BCUT2D eigenvalue weighted by Crippen LogP contribution is -2.14. The van der Waals surface area contributed by atoms with Crippen molar-refractivity contribution in [3.05, 3.63) is 5.82 Å². The van der Waals surface area contributed by atoms with Gasteiger partial charge in [-0.05, 0) is 13.8 Å². The molecule has 1 rings (SSSR count). The first kappa shape index (κ1) is 10.7. The Morgan fingerprint density at radius 2 is 2.00 bits per heavy atom. The summed E-state index contributed by atoms with van der Waals surface area (Å²) in [5.41, 5.74) is 0. The summed E-state index contributed by atoms with van der Waals surface area (Å²) in [5, 5.41) is 3.11. The minimum Gasteiger partial charge on any atom is -0.467 e. The van der Waals surface area contributed by atoms with Crippen LogP contribution in [0.25, 0.3) is 0 Å². The van der Waals surface area contributed by atoms with Crippen LogP contribution in [0.5, 0.6) is 6.01 Å². The molecule has 0 radical (unpaired) electrons. The molecule has 1 aromatic heterocycles. The van der Waals surface area contributed by atoms with Crippen LogP contribution in [0.2, 0.25) is 0 Å². The van der Waals surface area contributed by atoms with Gasteiger partial charge in [0.1, 0.15) is 5.82 Å². The van der Waals surface area contributed by atoms with Crippen molar-refractivity contribution in [2.24, 2.45) is 0 Å². The van der Waals surface area contributed by atoms with Gasteiger partial charge in [0.05, 0.1) is 7.11 Å². The zero-order valence-corrected chi connectivity index (χ0v) is 9.03. The van der Waals surface area contributed by atoms with E-state index in [1.807, 2.05) is 20.8 Å². The number of hydrogen-bond acceptors (Lipinski definition) is 5. The van der Waals surface area contributed by atoms with Gasteiger partial charge in [-0.1, -0.05) is 6.92 Å². The zero-order valence-electron chi connectivity index (χ0n) is 9.03. The molecule has 1 heterocycles. The molecule has 0 amide bonds. The van der Waals surface area contributed by atoms with Crippen LogP contribution in [0, 0.1) is 0 Å². The summed E-state index contributed by atoms with van der Waals surface area (Å²) in [6.07, 6.45) is 0.769. The number of aryl methyl sites for hydroxylation is 1. The Labute approximate surface area is 83.9 Å². The van der Waals surface area contributed by atoms with Crippen molar-refractivity contribution < 1.29 is 4.74 Å². The van der Waals surface area contributed by atoms with Gasteiger partial charge in [-0.25, -0.2) is 0 Å². The van der Waals surface area contributed by atoms with Crippen LogP contribution in [0.3, 0.4) is 0 Å². The fourth-order valence-corrected chi connectivity index (χ4v) is 0.970. The molecule has 0 atom stereocenters. The lowest BCUT2D eigenvalue weighted by molar-refractivity contribution is 0.376. The molecule has 0 saturated heterocycles. The highest BCUT2D eigenvalue weighted by Crippen LogP contribution is 2.08. The minimum absolute atomic E-state index is 0.298. The van der Waals surface area contributed by atoms with Gasteiger partial charge < -0.3 is 10.1 Å². The van der Waals surface area contributed by atoms with E-state index in [0.717, 1.165) is 12.2 Å². The monoisotopic (exact) mass is 196 g/mol. The second-order valence-corrected chi connectivity index (χ2v) is 3.21. The Hall–Kier alpha value is -1.39. The molecule has 5 nitrogen and oxygen atoms in total. The molecular formula is C9H16N4O. The molecule has 5 heteroatoms. The van der Waals surface area contributed by atoms with Crippen LogP contribution in [0.15, 0.2) is 0 Å². The molecule has 0 fully saturated rings. The predicted octanol–water partition coefficient (Wildman–Crippen LogP) is 1.26. The van der Waals surface area contributed by atoms with Gasteiger partial charge in [0, 0.05) is 12.5 Å². The fourth-order valence-electron chi connectivity index (χ4n) is 0.970. The highest BCUT2D eigenvalue weighted by atomic mass is 16.5. The van der Waals surface area contributed by atoms with Crippen LogP contribution < -0.4 is 10.1 Å². The average molecular weight is 196 g/mol. The Bertz CT molecular complexity index is 279. The maximum Gasteiger partial charge on any atom is 0.321 e. The van der Waals surface area contributed by atoms with Gasteiger partial charge >= 0.3 is 6.01 Å². The van der Waals surface area contributed by atoms with Crippen molar-refractivity contribution in [2.45, 2.75) is 33.2 Å². The van der Waals surface area contributed by atoms with Crippen molar-refractivity contribution in [3.63, 3.8) is 0 Å². The third kappa shape index (κ3) is 2.83. The van der Waals surface area contributed by atoms with Crippen molar-refractivity contribution in [1.29, 1.82) is 0 Å². The predicted molar refractivity (Wildman–Crippen MR) is 54.5 cm³/mol. The minimum atomic E-state index is 0.298. The number of aromatic nitrogens is 3. The van der Waals surface area contributed by atoms with Gasteiger partial charge in [-0.2, -0.15) is 15.0 Å². The van der Waals surface area contributed by atoms with Gasteiger partial charge in [0.25, 0.3) is 0 Å². The number of hydrogen-bond donors (Lipinski definition) is 1. The van der Waals surface area contributed by atoms with Crippen molar-refractivity contribution >= 4 is 5.95 Å².